The molecular formula is C19H17ClF3N5O4S2. The molecule has 4 rings (SSSR count). The van der Waals surface area contributed by atoms with Crippen molar-refractivity contribution in [1.82, 2.24) is 19.5 Å². The van der Waals surface area contributed by atoms with Gasteiger partial charge in [0, 0.05) is 37.5 Å². The number of benzene rings is 1. The Bertz CT molecular complexity index is 1150. The molecule has 2 fully saturated rings. The number of carbonyl (C=O) groups is 3. The normalized spacial score (nSPS) is 22.7. The first-order valence-electron chi connectivity index (χ1n) is 9.71. The number of ether oxygens (including phenoxy) is 1. The van der Waals surface area contributed by atoms with E-state index >= 15 is 0 Å². The van der Waals surface area contributed by atoms with Gasteiger partial charge in [0.05, 0.1) is 16.6 Å². The molecule has 2 saturated heterocycles. The first kappa shape index (κ1) is 24.6. The van der Waals surface area contributed by atoms with Gasteiger partial charge in [-0.1, -0.05) is 23.5 Å². The number of thiazole rings is 1. The highest BCUT2D eigenvalue weighted by Crippen LogP contribution is 2.38. The van der Waals surface area contributed by atoms with Crippen molar-refractivity contribution < 1.29 is 32.3 Å². The maximum atomic E-state index is 12.6. The van der Waals surface area contributed by atoms with Gasteiger partial charge in [0.1, 0.15) is 11.1 Å². The van der Waals surface area contributed by atoms with Crippen LogP contribution >= 0.6 is 34.9 Å². The molecular weight excluding hydrogens is 519 g/mol. The number of carbonyl (C=O) groups excluding carboxylic acids is 3. The van der Waals surface area contributed by atoms with Crippen LogP contribution in [0.2, 0.25) is 5.02 Å². The zero-order chi connectivity index (χ0) is 24.8. The Balaban J connectivity index is 1.40. The summed E-state index contributed by atoms with van der Waals surface area (Å²) in [6.45, 7) is 0. The van der Waals surface area contributed by atoms with E-state index in [0.717, 1.165) is 22.3 Å². The highest BCUT2D eigenvalue weighted by Gasteiger charge is 2.51. The minimum Gasteiger partial charge on any atom is -0.404 e. The van der Waals surface area contributed by atoms with Crippen molar-refractivity contribution >= 4 is 57.9 Å². The Morgan fingerprint density at radius 2 is 2.06 bits per heavy atom. The number of anilines is 1. The topological polar surface area (TPSA) is 104 Å². The Kier molecular flexibility index (Phi) is 6.68. The van der Waals surface area contributed by atoms with Gasteiger partial charge in [-0.3, -0.25) is 19.2 Å². The number of aromatic nitrogens is 1. The third-order valence-corrected chi connectivity index (χ3v) is 7.62. The molecule has 15 heteroatoms. The number of amides is 4. The second kappa shape index (κ2) is 9.24. The van der Waals surface area contributed by atoms with Gasteiger partial charge in [-0.05, 0) is 18.2 Å². The van der Waals surface area contributed by atoms with Gasteiger partial charge in [-0.25, -0.2) is 9.78 Å². The SMILES string of the molecule is CN1C(=O)C2C(CC(=O)Nc3nc(-c4ccc(OC(F)(F)F)c(Cl)c4)cs3)NSC2N(C)C1=O. The number of urea groups is 1. The van der Waals surface area contributed by atoms with Crippen LogP contribution in [-0.2, 0) is 9.59 Å². The van der Waals surface area contributed by atoms with Crippen LogP contribution in [0.15, 0.2) is 23.6 Å². The second-order valence-corrected chi connectivity index (χ2v) is 9.75. The summed E-state index contributed by atoms with van der Waals surface area (Å²) in [6.07, 6.45) is -4.89. The zero-order valence-electron chi connectivity index (χ0n) is 17.6. The first-order chi connectivity index (χ1) is 15.9. The maximum Gasteiger partial charge on any atom is 0.573 e. The van der Waals surface area contributed by atoms with Crippen molar-refractivity contribution in [2.45, 2.75) is 24.2 Å². The predicted molar refractivity (Wildman–Crippen MR) is 120 cm³/mol. The number of imide groups is 1. The fourth-order valence-corrected chi connectivity index (χ4v) is 5.85. The first-order valence-corrected chi connectivity index (χ1v) is 11.8. The van der Waals surface area contributed by atoms with Crippen LogP contribution in [0.3, 0.4) is 0 Å². The fourth-order valence-electron chi connectivity index (χ4n) is 3.65. The number of rotatable bonds is 5. The largest absolute Gasteiger partial charge is 0.573 e. The van der Waals surface area contributed by atoms with Crippen LogP contribution in [0.1, 0.15) is 6.42 Å². The summed E-state index contributed by atoms with van der Waals surface area (Å²) in [5.74, 6) is -1.84. The number of nitrogens with one attached hydrogen (secondary N) is 2. The highest BCUT2D eigenvalue weighted by molar-refractivity contribution is 7.98. The molecule has 0 aliphatic carbocycles. The third kappa shape index (κ3) is 4.94. The molecule has 3 unspecified atom stereocenters. The van der Waals surface area contributed by atoms with E-state index in [-0.39, 0.29) is 28.4 Å². The molecule has 1 aromatic carbocycles. The van der Waals surface area contributed by atoms with E-state index < -0.39 is 35.5 Å². The van der Waals surface area contributed by atoms with E-state index in [0.29, 0.717) is 11.3 Å². The molecule has 4 amide bonds. The van der Waals surface area contributed by atoms with Gasteiger partial charge in [0.15, 0.2) is 5.13 Å². The molecule has 1 aromatic heterocycles. The minimum absolute atomic E-state index is 0.0278. The molecule has 3 heterocycles. The van der Waals surface area contributed by atoms with Gasteiger partial charge in [-0.15, -0.1) is 24.5 Å². The van der Waals surface area contributed by atoms with Gasteiger partial charge >= 0.3 is 12.4 Å². The van der Waals surface area contributed by atoms with Crippen molar-refractivity contribution in [1.29, 1.82) is 0 Å². The van der Waals surface area contributed by atoms with Crippen molar-refractivity contribution in [3.63, 3.8) is 0 Å². The van der Waals surface area contributed by atoms with E-state index in [1.54, 1.807) is 12.4 Å². The lowest BCUT2D eigenvalue weighted by Crippen LogP contribution is -2.58. The number of hydrogen-bond acceptors (Lipinski definition) is 8. The molecule has 0 radical (unpaired) electrons. The van der Waals surface area contributed by atoms with Gasteiger partial charge in [0.2, 0.25) is 11.8 Å². The number of hydrogen-bond donors (Lipinski definition) is 2. The van der Waals surface area contributed by atoms with Crippen molar-refractivity contribution in [2.24, 2.45) is 5.92 Å². The summed E-state index contributed by atoms with van der Waals surface area (Å²) >= 11 is 8.24. The lowest BCUT2D eigenvalue weighted by atomic mass is 9.93. The van der Waals surface area contributed by atoms with Crippen molar-refractivity contribution in [3.8, 4) is 17.0 Å². The van der Waals surface area contributed by atoms with Crippen LogP contribution in [0.25, 0.3) is 11.3 Å². The smallest absolute Gasteiger partial charge is 0.404 e. The summed E-state index contributed by atoms with van der Waals surface area (Å²) in [7, 11) is 3.01. The number of nitrogens with zero attached hydrogens (tertiary/aromatic N) is 3. The summed E-state index contributed by atoms with van der Waals surface area (Å²) in [5, 5.41) is 3.91. The summed E-state index contributed by atoms with van der Waals surface area (Å²) in [5.41, 5.74) is 0.844. The molecule has 2 aliphatic heterocycles. The number of fused-ring (bicyclic) bond motifs is 1. The van der Waals surface area contributed by atoms with Crippen LogP contribution in [-0.4, -0.2) is 64.5 Å². The van der Waals surface area contributed by atoms with Crippen molar-refractivity contribution in [3.05, 3.63) is 28.6 Å². The Morgan fingerprint density at radius 1 is 1.32 bits per heavy atom. The van der Waals surface area contributed by atoms with Crippen LogP contribution in [0, 0.1) is 5.92 Å². The molecule has 0 spiro atoms. The summed E-state index contributed by atoms with van der Waals surface area (Å²) in [4.78, 5) is 44.1. The van der Waals surface area contributed by atoms with E-state index in [9.17, 15) is 27.6 Å². The van der Waals surface area contributed by atoms with Gasteiger partial charge in [0.25, 0.3) is 0 Å². The standard InChI is InChI=1S/C19H17ClF3N5O4S2/c1-27-15(30)14-10(26-34-16(14)28(2)18(27)31)6-13(29)25-17-24-11(7-33-17)8-3-4-12(9(20)5-8)32-19(21,22)23/h3-5,7,10,14,16,26H,6H2,1-2H3,(H,24,25,29). The van der Waals surface area contributed by atoms with E-state index in [1.165, 1.54) is 36.0 Å². The second-order valence-electron chi connectivity index (χ2n) is 7.53. The van der Waals surface area contributed by atoms with Crippen molar-refractivity contribution in [2.75, 3.05) is 19.4 Å². The minimum atomic E-state index is -4.86. The lowest BCUT2D eigenvalue weighted by molar-refractivity contribution is -0.274. The number of halogens is 4. The summed E-state index contributed by atoms with van der Waals surface area (Å²) < 4.78 is 44.1. The molecule has 2 N–H and O–H groups in total. The van der Waals surface area contributed by atoms with E-state index in [2.05, 4.69) is 19.8 Å². The highest BCUT2D eigenvalue weighted by atomic mass is 35.5. The monoisotopic (exact) mass is 535 g/mol. The average molecular weight is 536 g/mol. The molecule has 2 aromatic rings. The third-order valence-electron chi connectivity index (χ3n) is 5.28. The van der Waals surface area contributed by atoms with Crippen LogP contribution < -0.4 is 14.8 Å². The molecule has 3 atom stereocenters. The molecule has 0 saturated carbocycles. The Morgan fingerprint density at radius 3 is 2.74 bits per heavy atom. The summed E-state index contributed by atoms with van der Waals surface area (Å²) in [6, 6.07) is 2.85. The molecule has 2 aliphatic rings. The van der Waals surface area contributed by atoms with E-state index in [1.807, 2.05) is 0 Å². The number of alkyl halides is 3. The Hall–Kier alpha value is -2.55. The Labute approximate surface area is 204 Å². The maximum absolute atomic E-state index is 12.6. The molecule has 34 heavy (non-hydrogen) atoms. The predicted octanol–water partition coefficient (Wildman–Crippen LogP) is 3.78. The molecule has 9 nitrogen and oxygen atoms in total. The van der Waals surface area contributed by atoms with Crippen LogP contribution in [0.5, 0.6) is 5.75 Å². The molecule has 182 valence electrons. The molecule has 0 bridgehead atoms. The zero-order valence-corrected chi connectivity index (χ0v) is 19.9. The average Bonchev–Trinajstić information content (AvgIpc) is 3.38. The van der Waals surface area contributed by atoms with Crippen LogP contribution in [0.4, 0.5) is 23.1 Å². The fraction of sp³-hybridized carbons (Fsp3) is 0.368. The van der Waals surface area contributed by atoms with E-state index in [4.69, 9.17) is 11.6 Å². The van der Waals surface area contributed by atoms with Gasteiger partial charge in [-0.2, -0.15) is 0 Å². The lowest BCUT2D eigenvalue weighted by Gasteiger charge is -2.38. The quantitative estimate of drug-likeness (QED) is 0.562. The van der Waals surface area contributed by atoms with Gasteiger partial charge < -0.3 is 15.0 Å².